The van der Waals surface area contributed by atoms with Crippen molar-refractivity contribution in [1.82, 2.24) is 29.6 Å². The summed E-state index contributed by atoms with van der Waals surface area (Å²) in [6, 6.07) is 14.4. The van der Waals surface area contributed by atoms with Crippen molar-refractivity contribution in [2.45, 2.75) is 0 Å². The lowest BCUT2D eigenvalue weighted by molar-refractivity contribution is 0.0303. The molecule has 3 aromatic heterocycles. The lowest BCUT2D eigenvalue weighted by atomic mass is 10.2. The smallest absolute Gasteiger partial charge is 0.254 e. The van der Waals surface area contributed by atoms with E-state index in [0.29, 0.717) is 65.8 Å². The fourth-order valence-corrected chi connectivity index (χ4v) is 3.71. The van der Waals surface area contributed by atoms with E-state index in [9.17, 15) is 4.79 Å². The Hall–Kier alpha value is -4.02. The maximum absolute atomic E-state index is 12.5. The molecule has 1 aromatic carbocycles. The largest absolute Gasteiger partial charge is 0.473 e. The zero-order valence-corrected chi connectivity index (χ0v) is 19.4. The molecule has 1 N–H and O–H groups in total. The minimum Gasteiger partial charge on any atom is -0.473 e. The summed E-state index contributed by atoms with van der Waals surface area (Å²) >= 11 is 6.33. The van der Waals surface area contributed by atoms with Gasteiger partial charge in [-0.05, 0) is 42.5 Å². The van der Waals surface area contributed by atoms with Gasteiger partial charge in [0.25, 0.3) is 5.91 Å². The van der Waals surface area contributed by atoms with Gasteiger partial charge in [0.15, 0.2) is 12.5 Å². The summed E-state index contributed by atoms with van der Waals surface area (Å²) in [4.78, 5) is 27.3. The number of anilines is 1. The van der Waals surface area contributed by atoms with Crippen molar-refractivity contribution in [1.29, 1.82) is 0 Å². The molecule has 11 heteroatoms. The summed E-state index contributed by atoms with van der Waals surface area (Å²) < 4.78 is 12.7. The molecule has 0 radical (unpaired) electrons. The van der Waals surface area contributed by atoms with Gasteiger partial charge in [0.05, 0.1) is 24.4 Å². The third-order valence-electron chi connectivity index (χ3n) is 5.33. The molecule has 1 amide bonds. The van der Waals surface area contributed by atoms with Gasteiger partial charge in [-0.15, -0.1) is 0 Å². The van der Waals surface area contributed by atoms with E-state index in [-0.39, 0.29) is 12.6 Å². The Balaban J connectivity index is 1.20. The van der Waals surface area contributed by atoms with Gasteiger partial charge in [0.2, 0.25) is 5.95 Å². The van der Waals surface area contributed by atoms with E-state index in [1.807, 2.05) is 24.3 Å². The quantitative estimate of drug-likeness (QED) is 0.392. The Morgan fingerprint density at radius 2 is 1.91 bits per heavy atom. The van der Waals surface area contributed by atoms with Crippen LogP contribution in [0.3, 0.4) is 0 Å². The first kappa shape index (κ1) is 22.8. The molecule has 1 aliphatic heterocycles. The van der Waals surface area contributed by atoms with Crippen molar-refractivity contribution < 1.29 is 14.3 Å². The van der Waals surface area contributed by atoms with Crippen molar-refractivity contribution in [3.05, 3.63) is 77.7 Å². The highest BCUT2D eigenvalue weighted by molar-refractivity contribution is 6.32. The van der Waals surface area contributed by atoms with Crippen LogP contribution in [0.4, 0.5) is 5.95 Å². The maximum atomic E-state index is 12.5. The van der Waals surface area contributed by atoms with Gasteiger partial charge in [-0.25, -0.2) is 19.6 Å². The number of rotatable bonds is 7. The number of pyridine rings is 1. The topological polar surface area (TPSA) is 107 Å². The SMILES string of the molecule is O=C(c1ccc(OCNc2ncc(Cl)c(-c3ccn(-c4ccccn4)n3)n2)cc1)N1CCOCC1. The molecule has 1 fully saturated rings. The second-order valence-corrected chi connectivity index (χ2v) is 8.03. The number of morpholine rings is 1. The number of hydrogen-bond acceptors (Lipinski definition) is 8. The van der Waals surface area contributed by atoms with Crippen molar-refractivity contribution in [3.63, 3.8) is 0 Å². The van der Waals surface area contributed by atoms with Gasteiger partial charge < -0.3 is 19.7 Å². The summed E-state index contributed by atoms with van der Waals surface area (Å²) in [6.45, 7) is 2.47. The zero-order valence-electron chi connectivity index (χ0n) is 18.7. The number of benzene rings is 1. The molecule has 35 heavy (non-hydrogen) atoms. The first-order chi connectivity index (χ1) is 17.2. The molecule has 1 saturated heterocycles. The summed E-state index contributed by atoms with van der Waals surface area (Å²) in [5, 5.41) is 7.92. The van der Waals surface area contributed by atoms with Crippen molar-refractivity contribution in [3.8, 4) is 23.0 Å². The number of carbonyl (C=O) groups is 1. The molecular formula is C24H22ClN7O3. The molecule has 4 heterocycles. The Labute approximate surface area is 206 Å². The van der Waals surface area contributed by atoms with E-state index < -0.39 is 0 Å². The van der Waals surface area contributed by atoms with Crippen LogP contribution in [0.25, 0.3) is 17.2 Å². The van der Waals surface area contributed by atoms with Gasteiger partial charge in [-0.3, -0.25) is 4.79 Å². The first-order valence-electron chi connectivity index (χ1n) is 11.0. The third-order valence-corrected chi connectivity index (χ3v) is 5.61. The molecule has 0 unspecified atom stereocenters. The molecule has 0 saturated carbocycles. The van der Waals surface area contributed by atoms with Crippen LogP contribution < -0.4 is 10.1 Å². The molecule has 0 bridgehead atoms. The predicted octanol–water partition coefficient (Wildman–Crippen LogP) is 3.30. The molecule has 0 spiro atoms. The number of aromatic nitrogens is 5. The van der Waals surface area contributed by atoms with E-state index in [2.05, 4.69) is 25.4 Å². The van der Waals surface area contributed by atoms with Crippen LogP contribution in [0, 0.1) is 0 Å². The maximum Gasteiger partial charge on any atom is 0.254 e. The molecule has 1 aliphatic rings. The Kier molecular flexibility index (Phi) is 6.82. The third kappa shape index (κ3) is 5.39. The van der Waals surface area contributed by atoms with Crippen LogP contribution >= 0.6 is 11.6 Å². The number of nitrogens with one attached hydrogen (secondary N) is 1. The van der Waals surface area contributed by atoms with E-state index in [4.69, 9.17) is 21.1 Å². The second-order valence-electron chi connectivity index (χ2n) is 7.62. The molecule has 10 nitrogen and oxygen atoms in total. The monoisotopic (exact) mass is 491 g/mol. The van der Waals surface area contributed by atoms with Gasteiger partial charge in [0.1, 0.15) is 17.1 Å². The Morgan fingerprint density at radius 3 is 2.69 bits per heavy atom. The lowest BCUT2D eigenvalue weighted by Crippen LogP contribution is -2.40. The van der Waals surface area contributed by atoms with Crippen molar-refractivity contribution in [2.75, 3.05) is 38.4 Å². The Bertz CT molecular complexity index is 1290. The highest BCUT2D eigenvalue weighted by atomic mass is 35.5. The Morgan fingerprint density at radius 1 is 1.09 bits per heavy atom. The fourth-order valence-electron chi connectivity index (χ4n) is 3.53. The fraction of sp³-hybridized carbons (Fsp3) is 0.208. The van der Waals surface area contributed by atoms with Gasteiger partial charge in [-0.2, -0.15) is 5.10 Å². The minimum absolute atomic E-state index is 0.00874. The van der Waals surface area contributed by atoms with E-state index in [1.165, 1.54) is 6.20 Å². The van der Waals surface area contributed by atoms with E-state index >= 15 is 0 Å². The first-order valence-corrected chi connectivity index (χ1v) is 11.4. The lowest BCUT2D eigenvalue weighted by Gasteiger charge is -2.26. The molecule has 0 atom stereocenters. The van der Waals surface area contributed by atoms with Gasteiger partial charge in [0, 0.05) is 31.0 Å². The molecular weight excluding hydrogens is 470 g/mol. The summed E-state index contributed by atoms with van der Waals surface area (Å²) in [6.07, 6.45) is 5.00. The number of hydrogen-bond donors (Lipinski definition) is 1. The molecule has 5 rings (SSSR count). The summed E-state index contributed by atoms with van der Waals surface area (Å²) in [5.41, 5.74) is 1.69. The van der Waals surface area contributed by atoms with E-state index in [1.54, 1.807) is 46.2 Å². The van der Waals surface area contributed by atoms with Crippen LogP contribution in [0.5, 0.6) is 5.75 Å². The molecule has 178 valence electrons. The van der Waals surface area contributed by atoms with Crippen molar-refractivity contribution in [2.24, 2.45) is 0 Å². The predicted molar refractivity (Wildman–Crippen MR) is 130 cm³/mol. The average Bonchev–Trinajstić information content (AvgIpc) is 3.41. The van der Waals surface area contributed by atoms with Gasteiger partial charge in [-0.1, -0.05) is 17.7 Å². The van der Waals surface area contributed by atoms with Crippen LogP contribution in [0.15, 0.2) is 67.1 Å². The normalized spacial score (nSPS) is 13.5. The zero-order chi connectivity index (χ0) is 24.0. The summed E-state index contributed by atoms with van der Waals surface area (Å²) in [5.74, 6) is 1.63. The van der Waals surface area contributed by atoms with Crippen LogP contribution in [0.1, 0.15) is 10.4 Å². The highest BCUT2D eigenvalue weighted by Gasteiger charge is 2.18. The van der Waals surface area contributed by atoms with Crippen LogP contribution in [-0.2, 0) is 4.74 Å². The van der Waals surface area contributed by atoms with Crippen LogP contribution in [0.2, 0.25) is 5.02 Å². The standard InChI is InChI=1S/C24H22ClN7O3/c25-19-15-27-24(29-22(19)20-8-10-32(30-20)21-3-1-2-9-26-21)28-16-35-18-6-4-17(5-7-18)23(33)31-11-13-34-14-12-31/h1-10,15H,11-14,16H2,(H,27,28,29). The number of halogens is 1. The number of carbonyl (C=O) groups excluding carboxylic acids is 1. The average molecular weight is 492 g/mol. The highest BCUT2D eigenvalue weighted by Crippen LogP contribution is 2.25. The molecule has 4 aromatic rings. The molecule has 0 aliphatic carbocycles. The number of nitrogens with zero attached hydrogens (tertiary/aromatic N) is 6. The minimum atomic E-state index is -0.00874. The number of amides is 1. The van der Waals surface area contributed by atoms with Gasteiger partial charge >= 0.3 is 0 Å². The summed E-state index contributed by atoms with van der Waals surface area (Å²) in [7, 11) is 0. The number of ether oxygens (including phenoxy) is 2. The van der Waals surface area contributed by atoms with Crippen molar-refractivity contribution >= 4 is 23.5 Å². The van der Waals surface area contributed by atoms with Crippen LogP contribution in [-0.4, -0.2) is 68.6 Å². The second kappa shape index (κ2) is 10.5. The van der Waals surface area contributed by atoms with E-state index in [0.717, 1.165) is 0 Å².